The van der Waals surface area contributed by atoms with Crippen LogP contribution in [0.2, 0.25) is 0 Å². The average molecular weight is 477 g/mol. The summed E-state index contributed by atoms with van der Waals surface area (Å²) in [6.07, 6.45) is 2.54. The fourth-order valence-corrected chi connectivity index (χ4v) is 2.82. The van der Waals surface area contributed by atoms with Crippen molar-refractivity contribution in [1.29, 1.82) is 0 Å². The maximum atomic E-state index is 5.67. The van der Waals surface area contributed by atoms with Gasteiger partial charge in [0.05, 0.1) is 25.9 Å². The van der Waals surface area contributed by atoms with Gasteiger partial charge in [-0.25, -0.2) is 0 Å². The highest BCUT2D eigenvalue weighted by atomic mass is 127. The van der Waals surface area contributed by atoms with E-state index in [4.69, 9.17) is 14.2 Å². The highest BCUT2D eigenvalue weighted by Gasteiger charge is 2.15. The van der Waals surface area contributed by atoms with Crippen molar-refractivity contribution in [3.8, 4) is 5.75 Å². The van der Waals surface area contributed by atoms with Crippen molar-refractivity contribution in [3.05, 3.63) is 29.8 Å². The molecule has 1 heterocycles. The maximum absolute atomic E-state index is 5.67. The van der Waals surface area contributed by atoms with E-state index in [1.54, 1.807) is 7.05 Å². The van der Waals surface area contributed by atoms with Crippen LogP contribution in [0.4, 0.5) is 0 Å². The molecule has 148 valence electrons. The Hall–Kier alpha value is -1.06. The fraction of sp³-hybridized carbons (Fsp3) is 0.632. The van der Waals surface area contributed by atoms with Crippen LogP contribution < -0.4 is 10.1 Å². The molecule has 0 amide bonds. The van der Waals surface area contributed by atoms with Crippen LogP contribution in [-0.4, -0.2) is 64.0 Å². The lowest BCUT2D eigenvalue weighted by Crippen LogP contribution is -2.40. The van der Waals surface area contributed by atoms with Gasteiger partial charge in [0, 0.05) is 33.8 Å². The smallest absolute Gasteiger partial charge is 0.193 e. The Bertz CT molecular complexity index is 519. The fourth-order valence-electron chi connectivity index (χ4n) is 2.82. The molecule has 1 aliphatic heterocycles. The van der Waals surface area contributed by atoms with Gasteiger partial charge in [-0.1, -0.05) is 12.1 Å². The van der Waals surface area contributed by atoms with Crippen LogP contribution in [0.5, 0.6) is 5.75 Å². The molecule has 0 aromatic heterocycles. The van der Waals surface area contributed by atoms with Gasteiger partial charge in [-0.2, -0.15) is 0 Å². The van der Waals surface area contributed by atoms with Gasteiger partial charge in [-0.05, 0) is 37.5 Å². The second kappa shape index (κ2) is 13.2. The van der Waals surface area contributed by atoms with Crippen LogP contribution in [0.15, 0.2) is 29.3 Å². The topological polar surface area (TPSA) is 55.3 Å². The van der Waals surface area contributed by atoms with Gasteiger partial charge in [-0.3, -0.25) is 4.99 Å². The number of benzene rings is 1. The van der Waals surface area contributed by atoms with Gasteiger partial charge < -0.3 is 24.4 Å². The van der Waals surface area contributed by atoms with Gasteiger partial charge >= 0.3 is 0 Å². The Balaban J connectivity index is 0.00000338. The van der Waals surface area contributed by atoms with Crippen molar-refractivity contribution in [1.82, 2.24) is 10.2 Å². The van der Waals surface area contributed by atoms with Crippen molar-refractivity contribution in [2.45, 2.75) is 32.4 Å². The predicted molar refractivity (Wildman–Crippen MR) is 116 cm³/mol. The SMILES string of the molecule is CCOc1ccc(CN(C)C(=NC)NCCOCC2CCCO2)cc1.I. The highest BCUT2D eigenvalue weighted by molar-refractivity contribution is 14.0. The first-order valence-corrected chi connectivity index (χ1v) is 9.05. The number of halogens is 1. The maximum Gasteiger partial charge on any atom is 0.193 e. The molecule has 7 heteroatoms. The Kier molecular flexibility index (Phi) is 11.6. The molecule has 1 aliphatic rings. The number of hydrogen-bond donors (Lipinski definition) is 1. The lowest BCUT2D eigenvalue weighted by atomic mass is 10.2. The van der Waals surface area contributed by atoms with E-state index in [9.17, 15) is 0 Å². The Morgan fingerprint density at radius 1 is 1.35 bits per heavy atom. The number of nitrogens with zero attached hydrogens (tertiary/aromatic N) is 2. The monoisotopic (exact) mass is 477 g/mol. The average Bonchev–Trinajstić information content (AvgIpc) is 3.13. The summed E-state index contributed by atoms with van der Waals surface area (Å²) in [6, 6.07) is 8.17. The number of aliphatic imine (C=N–C) groups is 1. The molecular weight excluding hydrogens is 445 g/mol. The quantitative estimate of drug-likeness (QED) is 0.257. The largest absolute Gasteiger partial charge is 0.494 e. The van der Waals surface area contributed by atoms with Crippen molar-refractivity contribution in [2.24, 2.45) is 4.99 Å². The van der Waals surface area contributed by atoms with Crippen molar-refractivity contribution >= 4 is 29.9 Å². The van der Waals surface area contributed by atoms with E-state index in [1.807, 2.05) is 26.1 Å². The number of ether oxygens (including phenoxy) is 3. The summed E-state index contributed by atoms with van der Waals surface area (Å²) in [7, 11) is 3.82. The van der Waals surface area contributed by atoms with Crippen LogP contribution >= 0.6 is 24.0 Å². The number of hydrogen-bond acceptors (Lipinski definition) is 4. The van der Waals surface area contributed by atoms with Gasteiger partial charge in [-0.15, -0.1) is 24.0 Å². The number of rotatable bonds is 9. The number of nitrogens with one attached hydrogen (secondary N) is 1. The van der Waals surface area contributed by atoms with Crippen LogP contribution in [-0.2, 0) is 16.0 Å². The normalized spacial score (nSPS) is 16.9. The third-order valence-corrected chi connectivity index (χ3v) is 4.08. The van der Waals surface area contributed by atoms with E-state index >= 15 is 0 Å². The lowest BCUT2D eigenvalue weighted by molar-refractivity contribution is 0.0190. The van der Waals surface area contributed by atoms with Crippen molar-refractivity contribution in [2.75, 3.05) is 47.1 Å². The van der Waals surface area contributed by atoms with Crippen molar-refractivity contribution in [3.63, 3.8) is 0 Å². The second-order valence-corrected chi connectivity index (χ2v) is 6.12. The van der Waals surface area contributed by atoms with E-state index in [0.29, 0.717) is 19.8 Å². The first-order chi connectivity index (χ1) is 12.2. The molecule has 1 aromatic rings. The molecule has 1 fully saturated rings. The van der Waals surface area contributed by atoms with Crippen LogP contribution in [0, 0.1) is 0 Å². The minimum Gasteiger partial charge on any atom is -0.494 e. The van der Waals surface area contributed by atoms with E-state index in [1.165, 1.54) is 5.56 Å². The second-order valence-electron chi connectivity index (χ2n) is 6.12. The lowest BCUT2D eigenvalue weighted by Gasteiger charge is -2.22. The molecule has 0 radical (unpaired) electrons. The Morgan fingerprint density at radius 3 is 2.73 bits per heavy atom. The highest BCUT2D eigenvalue weighted by Crippen LogP contribution is 2.13. The molecule has 0 saturated carbocycles. The summed E-state index contributed by atoms with van der Waals surface area (Å²) in [5.41, 5.74) is 1.21. The summed E-state index contributed by atoms with van der Waals surface area (Å²) >= 11 is 0. The molecule has 1 atom stereocenters. The molecule has 0 bridgehead atoms. The van der Waals surface area contributed by atoms with Gasteiger partial charge in [0.2, 0.25) is 0 Å². The third kappa shape index (κ3) is 8.09. The van der Waals surface area contributed by atoms with E-state index in [-0.39, 0.29) is 30.1 Å². The molecule has 1 saturated heterocycles. The minimum absolute atomic E-state index is 0. The summed E-state index contributed by atoms with van der Waals surface area (Å²) in [5, 5.41) is 3.33. The van der Waals surface area contributed by atoms with Crippen LogP contribution in [0.3, 0.4) is 0 Å². The standard InChI is InChI=1S/C19H31N3O3.HI/c1-4-24-17-9-7-16(8-10-17)14-22(3)19(20-2)21-11-13-23-15-18-6-5-12-25-18;/h7-10,18H,4-6,11-15H2,1-3H3,(H,20,21);1H. The predicted octanol–water partition coefficient (Wildman–Crippen LogP) is 2.91. The first-order valence-electron chi connectivity index (χ1n) is 9.05. The molecular formula is C19H32IN3O3. The molecule has 26 heavy (non-hydrogen) atoms. The van der Waals surface area contributed by atoms with E-state index < -0.39 is 0 Å². The summed E-state index contributed by atoms with van der Waals surface area (Å²) in [5.74, 6) is 1.76. The molecule has 1 aromatic carbocycles. The third-order valence-electron chi connectivity index (χ3n) is 4.08. The minimum atomic E-state index is 0. The molecule has 0 aliphatic carbocycles. The molecule has 1 unspecified atom stereocenters. The zero-order valence-electron chi connectivity index (χ0n) is 16.1. The van der Waals surface area contributed by atoms with Gasteiger partial charge in [0.15, 0.2) is 5.96 Å². The van der Waals surface area contributed by atoms with Gasteiger partial charge in [0.25, 0.3) is 0 Å². The molecule has 6 nitrogen and oxygen atoms in total. The summed E-state index contributed by atoms with van der Waals surface area (Å²) in [4.78, 5) is 6.43. The van der Waals surface area contributed by atoms with Crippen molar-refractivity contribution < 1.29 is 14.2 Å². The molecule has 0 spiro atoms. The van der Waals surface area contributed by atoms with Crippen LogP contribution in [0.25, 0.3) is 0 Å². The molecule has 1 N–H and O–H groups in total. The van der Waals surface area contributed by atoms with Gasteiger partial charge in [0.1, 0.15) is 5.75 Å². The van der Waals surface area contributed by atoms with E-state index in [0.717, 1.165) is 44.2 Å². The molecule has 2 rings (SSSR count). The Labute approximate surface area is 174 Å². The van der Waals surface area contributed by atoms with E-state index in [2.05, 4.69) is 27.3 Å². The first kappa shape index (κ1) is 23.0. The zero-order chi connectivity index (χ0) is 17.9. The number of guanidine groups is 1. The Morgan fingerprint density at radius 2 is 2.12 bits per heavy atom. The summed E-state index contributed by atoms with van der Waals surface area (Å²) < 4.78 is 16.7. The zero-order valence-corrected chi connectivity index (χ0v) is 18.4. The van der Waals surface area contributed by atoms with Crippen LogP contribution in [0.1, 0.15) is 25.3 Å². The summed E-state index contributed by atoms with van der Waals surface area (Å²) in [6.45, 7) is 6.38.